The quantitative estimate of drug-likeness (QED) is 0.719. The smallest absolute Gasteiger partial charge is 0.0704 e. The van der Waals surface area contributed by atoms with Crippen molar-refractivity contribution in [3.8, 4) is 11.3 Å². The minimum atomic E-state index is -1.70. The van der Waals surface area contributed by atoms with Gasteiger partial charge in [0.2, 0.25) is 0 Å². The second-order valence-electron chi connectivity index (χ2n) is 6.66. The first-order valence-corrected chi connectivity index (χ1v) is 7.45. The molecule has 0 atom stereocenters. The van der Waals surface area contributed by atoms with Crippen molar-refractivity contribution >= 4 is 0 Å². The molecule has 112 valence electrons. The zero-order valence-electron chi connectivity index (χ0n) is 17.6. The Labute approximate surface area is 135 Å². The summed E-state index contributed by atoms with van der Waals surface area (Å²) in [5.74, 6) is -0.284. The Kier molecular flexibility index (Phi) is 3.37. The van der Waals surface area contributed by atoms with Crippen LogP contribution in [0.3, 0.4) is 0 Å². The fourth-order valence-electron chi connectivity index (χ4n) is 2.16. The van der Waals surface area contributed by atoms with Crippen LogP contribution in [0.15, 0.2) is 42.6 Å². The number of nitrogens with zero attached hydrogens (tertiary/aromatic N) is 1. The summed E-state index contributed by atoms with van der Waals surface area (Å²) in [5.41, 5.74) is 1.60. The van der Waals surface area contributed by atoms with Gasteiger partial charge in [0.05, 0.1) is 5.69 Å². The molecule has 21 heavy (non-hydrogen) atoms. The standard InChI is InChI=1S/C20H27N/c1-15(2)11-17-12-19(16-9-7-6-8-10-16)21-14-18(17)13-20(3,4)5/h6-10,12,14-15H,11,13H2,1-5H3/i11D2,13D2. The van der Waals surface area contributed by atoms with Gasteiger partial charge in [-0.2, -0.15) is 0 Å². The zero-order valence-corrected chi connectivity index (χ0v) is 13.6. The number of pyridine rings is 1. The number of aromatic nitrogens is 1. The molecule has 0 aliphatic carbocycles. The molecule has 0 unspecified atom stereocenters. The molecule has 0 saturated heterocycles. The van der Waals surface area contributed by atoms with Crippen LogP contribution in [0.1, 0.15) is 51.2 Å². The maximum atomic E-state index is 8.62. The van der Waals surface area contributed by atoms with Crippen molar-refractivity contribution in [2.45, 2.75) is 47.4 Å². The first kappa shape index (κ1) is 11.0. The van der Waals surface area contributed by atoms with Gasteiger partial charge >= 0.3 is 0 Å². The first-order chi connectivity index (χ1) is 11.4. The second-order valence-corrected chi connectivity index (χ2v) is 6.66. The zero-order chi connectivity index (χ0) is 19.0. The molecule has 1 aromatic carbocycles. The highest BCUT2D eigenvalue weighted by Crippen LogP contribution is 2.27. The molecule has 0 amide bonds. The molecule has 0 bridgehead atoms. The van der Waals surface area contributed by atoms with Crippen molar-refractivity contribution in [2.75, 3.05) is 0 Å². The van der Waals surface area contributed by atoms with Crippen molar-refractivity contribution in [3.05, 3.63) is 53.7 Å². The van der Waals surface area contributed by atoms with Crippen LogP contribution in [-0.4, -0.2) is 4.98 Å². The molecular weight excluding hydrogens is 254 g/mol. The number of rotatable bonds is 4. The van der Waals surface area contributed by atoms with Gasteiger partial charge in [-0.3, -0.25) is 4.98 Å². The van der Waals surface area contributed by atoms with E-state index in [2.05, 4.69) is 4.98 Å². The summed E-state index contributed by atoms with van der Waals surface area (Å²) in [6.07, 6.45) is -1.84. The van der Waals surface area contributed by atoms with E-state index in [-0.39, 0.29) is 5.92 Å². The van der Waals surface area contributed by atoms with Crippen molar-refractivity contribution in [2.24, 2.45) is 11.3 Å². The van der Waals surface area contributed by atoms with E-state index in [1.165, 1.54) is 6.20 Å². The molecule has 0 fully saturated rings. The van der Waals surface area contributed by atoms with Crippen LogP contribution in [0, 0.1) is 11.3 Å². The van der Waals surface area contributed by atoms with Crippen LogP contribution in [-0.2, 0) is 12.7 Å². The van der Waals surface area contributed by atoms with Crippen LogP contribution in [0.25, 0.3) is 11.3 Å². The van der Waals surface area contributed by atoms with Crippen molar-refractivity contribution in [1.29, 1.82) is 0 Å². The monoisotopic (exact) mass is 285 g/mol. The van der Waals surface area contributed by atoms with E-state index in [1.54, 1.807) is 6.07 Å². The Morgan fingerprint density at radius 1 is 1.10 bits per heavy atom. The molecule has 0 N–H and O–H groups in total. The van der Waals surface area contributed by atoms with Crippen LogP contribution in [0.2, 0.25) is 0 Å². The normalized spacial score (nSPS) is 16.1. The lowest BCUT2D eigenvalue weighted by Gasteiger charge is -2.21. The van der Waals surface area contributed by atoms with Gasteiger partial charge < -0.3 is 0 Å². The summed E-state index contributed by atoms with van der Waals surface area (Å²) < 4.78 is 34.4. The molecule has 0 spiro atoms. The Balaban J connectivity index is 2.73. The van der Waals surface area contributed by atoms with Gasteiger partial charge in [-0.05, 0) is 41.3 Å². The van der Waals surface area contributed by atoms with Gasteiger partial charge in [-0.15, -0.1) is 0 Å². The summed E-state index contributed by atoms with van der Waals surface area (Å²) in [6.45, 7) is 9.12. The van der Waals surface area contributed by atoms with E-state index in [1.807, 2.05) is 65.0 Å². The molecule has 0 aliphatic heterocycles. The minimum absolute atomic E-state index is 0.284. The Bertz CT molecular complexity index is 731. The lowest BCUT2D eigenvalue weighted by Crippen LogP contribution is -2.12. The van der Waals surface area contributed by atoms with E-state index in [0.29, 0.717) is 16.8 Å². The molecule has 0 radical (unpaired) electrons. The molecule has 1 nitrogen and oxygen atoms in total. The third-order valence-electron chi connectivity index (χ3n) is 2.93. The van der Waals surface area contributed by atoms with E-state index in [9.17, 15) is 0 Å². The summed E-state index contributed by atoms with van der Waals surface area (Å²) in [5, 5.41) is 0. The van der Waals surface area contributed by atoms with E-state index < -0.39 is 18.2 Å². The van der Waals surface area contributed by atoms with Crippen molar-refractivity contribution < 1.29 is 5.48 Å². The third-order valence-corrected chi connectivity index (χ3v) is 2.93. The topological polar surface area (TPSA) is 12.9 Å². The summed E-state index contributed by atoms with van der Waals surface area (Å²) in [7, 11) is 0. The highest BCUT2D eigenvalue weighted by molar-refractivity contribution is 5.60. The van der Waals surface area contributed by atoms with Crippen LogP contribution in [0.5, 0.6) is 0 Å². The predicted octanol–water partition coefficient (Wildman–Crippen LogP) is 5.54. The molecule has 1 heteroatoms. The number of hydrogen-bond donors (Lipinski definition) is 0. The van der Waals surface area contributed by atoms with Gasteiger partial charge in [0.25, 0.3) is 0 Å². The fraction of sp³-hybridized carbons (Fsp3) is 0.450. The summed E-state index contributed by atoms with van der Waals surface area (Å²) in [4.78, 5) is 4.46. The predicted molar refractivity (Wildman–Crippen MR) is 91.4 cm³/mol. The molecule has 0 saturated carbocycles. The highest BCUT2D eigenvalue weighted by Gasteiger charge is 2.16. The van der Waals surface area contributed by atoms with E-state index in [0.717, 1.165) is 5.56 Å². The van der Waals surface area contributed by atoms with Crippen molar-refractivity contribution in [1.82, 2.24) is 4.98 Å². The van der Waals surface area contributed by atoms with Gasteiger partial charge in [-0.25, -0.2) is 0 Å². The lowest BCUT2D eigenvalue weighted by atomic mass is 9.85. The highest BCUT2D eigenvalue weighted by atomic mass is 14.7. The van der Waals surface area contributed by atoms with Gasteiger partial charge in [0.15, 0.2) is 0 Å². The molecule has 1 aromatic heterocycles. The first-order valence-electron chi connectivity index (χ1n) is 9.45. The fourth-order valence-corrected chi connectivity index (χ4v) is 2.16. The molecule has 2 aromatic rings. The van der Waals surface area contributed by atoms with Gasteiger partial charge in [0.1, 0.15) is 0 Å². The van der Waals surface area contributed by atoms with E-state index >= 15 is 0 Å². The second kappa shape index (κ2) is 6.43. The van der Waals surface area contributed by atoms with Crippen LogP contribution in [0.4, 0.5) is 0 Å². The maximum absolute atomic E-state index is 8.62. The van der Waals surface area contributed by atoms with Crippen molar-refractivity contribution in [3.63, 3.8) is 0 Å². The largest absolute Gasteiger partial charge is 0.256 e. The Morgan fingerprint density at radius 2 is 1.76 bits per heavy atom. The van der Waals surface area contributed by atoms with Gasteiger partial charge in [0, 0.05) is 17.2 Å². The SMILES string of the molecule is [2H]C([2H])(c1cc(-c2ccccc2)ncc1C([2H])([2H])C(C)(C)C)C(C)C. The summed E-state index contributed by atoms with van der Waals surface area (Å²) in [6, 6.07) is 11.3. The number of benzene rings is 1. The van der Waals surface area contributed by atoms with Crippen LogP contribution < -0.4 is 0 Å². The van der Waals surface area contributed by atoms with E-state index in [4.69, 9.17) is 5.48 Å². The number of hydrogen-bond acceptors (Lipinski definition) is 1. The Morgan fingerprint density at radius 3 is 2.33 bits per heavy atom. The molecule has 0 aliphatic rings. The molecular formula is C20H27N. The maximum Gasteiger partial charge on any atom is 0.0704 e. The Hall–Kier alpha value is -1.63. The average molecular weight is 285 g/mol. The lowest BCUT2D eigenvalue weighted by molar-refractivity contribution is 0.408. The van der Waals surface area contributed by atoms with Crippen LogP contribution >= 0.6 is 0 Å². The third kappa shape index (κ3) is 4.70. The molecule has 2 rings (SSSR count). The van der Waals surface area contributed by atoms with Gasteiger partial charge in [-0.1, -0.05) is 65.0 Å². The summed E-state index contributed by atoms with van der Waals surface area (Å²) >= 11 is 0. The average Bonchev–Trinajstić information content (AvgIpc) is 2.54. The minimum Gasteiger partial charge on any atom is -0.256 e. The molecule has 1 heterocycles.